The van der Waals surface area contributed by atoms with Crippen LogP contribution in [0.1, 0.15) is 10.4 Å². The number of methoxy groups -OCH3 is 2. The van der Waals surface area contributed by atoms with Gasteiger partial charge >= 0.3 is 0 Å². The maximum atomic E-state index is 12.4. The number of nitrogens with zero attached hydrogens (tertiary/aromatic N) is 1. The van der Waals surface area contributed by atoms with Crippen molar-refractivity contribution in [3.05, 3.63) is 28.2 Å². The van der Waals surface area contributed by atoms with Crippen LogP contribution in [0.5, 0.6) is 5.75 Å². The molecule has 1 aromatic carbocycles. The minimum atomic E-state index is -0.222. The Hall–Kier alpha value is -1.11. The van der Waals surface area contributed by atoms with Crippen molar-refractivity contribution in [3.8, 4) is 5.75 Å². The topological polar surface area (TPSA) is 59.0 Å². The summed E-state index contributed by atoms with van der Waals surface area (Å²) in [7, 11) is 3.20. The number of hydrogen-bond acceptors (Lipinski definition) is 4. The third kappa shape index (κ3) is 2.91. The van der Waals surface area contributed by atoms with Gasteiger partial charge in [-0.2, -0.15) is 0 Å². The molecule has 2 rings (SSSR count). The summed E-state index contributed by atoms with van der Waals surface area (Å²) >= 11 is 3.29. The summed E-state index contributed by atoms with van der Waals surface area (Å²) in [6.07, 6.45) is -0.272. The van der Waals surface area contributed by atoms with E-state index in [-0.39, 0.29) is 29.4 Å². The maximum absolute atomic E-state index is 12.4. The van der Waals surface area contributed by atoms with Crippen LogP contribution in [0, 0.1) is 0 Å². The molecule has 1 amide bonds. The Morgan fingerprint density at radius 1 is 1.32 bits per heavy atom. The summed E-state index contributed by atoms with van der Waals surface area (Å²) in [4.78, 5) is 14.0. The van der Waals surface area contributed by atoms with E-state index in [4.69, 9.17) is 9.47 Å². The maximum Gasteiger partial charge on any atom is 0.257 e. The van der Waals surface area contributed by atoms with Crippen LogP contribution in [0.15, 0.2) is 22.7 Å². The number of aromatic hydroxyl groups is 1. The van der Waals surface area contributed by atoms with Crippen molar-refractivity contribution in [2.24, 2.45) is 0 Å². The zero-order chi connectivity index (χ0) is 14.0. The minimum Gasteiger partial charge on any atom is -0.507 e. The van der Waals surface area contributed by atoms with Crippen LogP contribution in [-0.4, -0.2) is 55.4 Å². The quantitative estimate of drug-likeness (QED) is 0.915. The van der Waals surface area contributed by atoms with E-state index in [1.807, 2.05) is 0 Å². The fourth-order valence-corrected chi connectivity index (χ4v) is 2.57. The number of carbonyl (C=O) groups is 1. The van der Waals surface area contributed by atoms with E-state index >= 15 is 0 Å². The van der Waals surface area contributed by atoms with Gasteiger partial charge in [0.25, 0.3) is 5.91 Å². The van der Waals surface area contributed by atoms with E-state index in [9.17, 15) is 9.90 Å². The lowest BCUT2D eigenvalue weighted by Gasteiger charge is -2.16. The number of phenols is 1. The normalized spacial score (nSPS) is 22.8. The second kappa shape index (κ2) is 5.90. The molecule has 0 radical (unpaired) electrons. The molecule has 6 heteroatoms. The van der Waals surface area contributed by atoms with Gasteiger partial charge < -0.3 is 19.5 Å². The Morgan fingerprint density at radius 3 is 2.42 bits per heavy atom. The monoisotopic (exact) mass is 329 g/mol. The number of hydrogen-bond donors (Lipinski definition) is 1. The zero-order valence-corrected chi connectivity index (χ0v) is 12.4. The van der Waals surface area contributed by atoms with Gasteiger partial charge in [-0.25, -0.2) is 0 Å². The molecule has 0 aromatic heterocycles. The fourth-order valence-electron chi connectivity index (χ4n) is 2.21. The molecular weight excluding hydrogens is 314 g/mol. The van der Waals surface area contributed by atoms with Crippen molar-refractivity contribution in [1.82, 2.24) is 4.90 Å². The smallest absolute Gasteiger partial charge is 0.257 e. The van der Waals surface area contributed by atoms with Crippen LogP contribution >= 0.6 is 15.9 Å². The molecule has 1 saturated heterocycles. The summed E-state index contributed by atoms with van der Waals surface area (Å²) in [5.74, 6) is -0.247. The van der Waals surface area contributed by atoms with Crippen molar-refractivity contribution in [1.29, 1.82) is 0 Å². The summed E-state index contributed by atoms with van der Waals surface area (Å²) in [5.41, 5.74) is 0.279. The first-order chi connectivity index (χ1) is 9.06. The molecule has 2 atom stereocenters. The first-order valence-corrected chi connectivity index (χ1v) is 6.69. The van der Waals surface area contributed by atoms with Crippen LogP contribution in [0.25, 0.3) is 0 Å². The van der Waals surface area contributed by atoms with Crippen LogP contribution in [0.3, 0.4) is 0 Å². The highest BCUT2D eigenvalue weighted by Crippen LogP contribution is 2.25. The molecule has 1 fully saturated rings. The summed E-state index contributed by atoms with van der Waals surface area (Å²) in [6.45, 7) is 0.916. The molecule has 0 unspecified atom stereocenters. The average Bonchev–Trinajstić information content (AvgIpc) is 2.84. The van der Waals surface area contributed by atoms with Gasteiger partial charge in [-0.3, -0.25) is 4.79 Å². The minimum absolute atomic E-state index is 0.0250. The van der Waals surface area contributed by atoms with E-state index in [0.717, 1.165) is 4.47 Å². The van der Waals surface area contributed by atoms with Gasteiger partial charge in [0.05, 0.1) is 5.56 Å². The Morgan fingerprint density at radius 2 is 1.89 bits per heavy atom. The van der Waals surface area contributed by atoms with Crippen LogP contribution < -0.4 is 0 Å². The summed E-state index contributed by atoms with van der Waals surface area (Å²) < 4.78 is 11.3. The van der Waals surface area contributed by atoms with E-state index < -0.39 is 0 Å². The largest absolute Gasteiger partial charge is 0.507 e. The lowest BCUT2D eigenvalue weighted by atomic mass is 10.2. The molecule has 1 aliphatic rings. The third-order valence-corrected chi connectivity index (χ3v) is 3.79. The number of phenolic OH excluding ortho intramolecular Hbond substituents is 1. The molecule has 1 heterocycles. The number of benzene rings is 1. The number of ether oxygens (including phenoxy) is 2. The van der Waals surface area contributed by atoms with Gasteiger partial charge in [-0.1, -0.05) is 15.9 Å². The molecule has 0 bridgehead atoms. The number of rotatable bonds is 3. The SMILES string of the molecule is CO[C@H]1CN(C(=O)c2cc(Br)ccc2O)C[C@H]1OC. The molecular formula is C13H16BrNO4. The molecule has 1 aromatic rings. The van der Waals surface area contributed by atoms with Crippen LogP contribution in [0.4, 0.5) is 0 Å². The number of carbonyl (C=O) groups excluding carboxylic acids is 1. The lowest BCUT2D eigenvalue weighted by molar-refractivity contribution is -0.00461. The second-order valence-electron chi connectivity index (χ2n) is 4.42. The van der Waals surface area contributed by atoms with Crippen LogP contribution in [-0.2, 0) is 9.47 Å². The number of likely N-dealkylation sites (tertiary alicyclic amines) is 1. The summed E-state index contributed by atoms with van der Waals surface area (Å²) in [5, 5.41) is 9.78. The average molecular weight is 330 g/mol. The molecule has 0 spiro atoms. The molecule has 5 nitrogen and oxygen atoms in total. The van der Waals surface area contributed by atoms with Gasteiger partial charge in [0.2, 0.25) is 0 Å². The third-order valence-electron chi connectivity index (χ3n) is 3.30. The Kier molecular flexibility index (Phi) is 4.44. The van der Waals surface area contributed by atoms with Crippen molar-refractivity contribution in [3.63, 3.8) is 0 Å². The van der Waals surface area contributed by atoms with E-state index in [1.165, 1.54) is 6.07 Å². The number of halogens is 1. The first-order valence-electron chi connectivity index (χ1n) is 5.90. The van der Waals surface area contributed by atoms with Crippen molar-refractivity contribution < 1.29 is 19.4 Å². The molecule has 104 valence electrons. The van der Waals surface area contributed by atoms with Gasteiger partial charge in [-0.15, -0.1) is 0 Å². The highest BCUT2D eigenvalue weighted by atomic mass is 79.9. The lowest BCUT2D eigenvalue weighted by Crippen LogP contribution is -2.30. The van der Waals surface area contributed by atoms with Gasteiger partial charge in [-0.05, 0) is 18.2 Å². The summed E-state index contributed by atoms with van der Waals surface area (Å²) in [6, 6.07) is 4.79. The van der Waals surface area contributed by atoms with Crippen molar-refractivity contribution in [2.45, 2.75) is 12.2 Å². The van der Waals surface area contributed by atoms with E-state index in [2.05, 4.69) is 15.9 Å². The molecule has 0 saturated carbocycles. The van der Waals surface area contributed by atoms with Gasteiger partial charge in [0, 0.05) is 31.8 Å². The molecule has 1 aliphatic heterocycles. The van der Waals surface area contributed by atoms with Crippen molar-refractivity contribution >= 4 is 21.8 Å². The van der Waals surface area contributed by atoms with Gasteiger partial charge in [0.1, 0.15) is 18.0 Å². The Bertz CT molecular complexity index is 468. The molecule has 1 N–H and O–H groups in total. The number of amides is 1. The first kappa shape index (κ1) is 14.3. The standard InChI is InChI=1S/C13H16BrNO4/c1-18-11-6-15(7-12(11)19-2)13(17)9-5-8(14)3-4-10(9)16/h3-5,11-12,16H,6-7H2,1-2H3/t11-,12+. The van der Waals surface area contributed by atoms with Gasteiger partial charge in [0.15, 0.2) is 0 Å². The predicted molar refractivity (Wildman–Crippen MR) is 73.3 cm³/mol. The van der Waals surface area contributed by atoms with Crippen LogP contribution in [0.2, 0.25) is 0 Å². The predicted octanol–water partition coefficient (Wildman–Crippen LogP) is 1.64. The highest BCUT2D eigenvalue weighted by molar-refractivity contribution is 9.10. The van der Waals surface area contributed by atoms with E-state index in [1.54, 1.807) is 31.3 Å². The van der Waals surface area contributed by atoms with E-state index in [0.29, 0.717) is 13.1 Å². The molecule has 0 aliphatic carbocycles. The Labute approximate surface area is 120 Å². The highest BCUT2D eigenvalue weighted by Gasteiger charge is 2.36. The van der Waals surface area contributed by atoms with Crippen molar-refractivity contribution in [2.75, 3.05) is 27.3 Å². The zero-order valence-electron chi connectivity index (χ0n) is 10.8. The molecule has 19 heavy (non-hydrogen) atoms. The Balaban J connectivity index is 2.19. The fraction of sp³-hybridized carbons (Fsp3) is 0.462. The second-order valence-corrected chi connectivity index (χ2v) is 5.34.